The van der Waals surface area contributed by atoms with Gasteiger partial charge in [0.1, 0.15) is 11.4 Å². The molecule has 1 aromatic carbocycles. The van der Waals surface area contributed by atoms with Crippen LogP contribution in [0.3, 0.4) is 0 Å². The highest BCUT2D eigenvalue weighted by Crippen LogP contribution is 2.20. The van der Waals surface area contributed by atoms with Crippen molar-refractivity contribution in [1.82, 2.24) is 14.5 Å². The van der Waals surface area contributed by atoms with E-state index in [-0.39, 0.29) is 11.3 Å². The zero-order valence-electron chi connectivity index (χ0n) is 10.7. The van der Waals surface area contributed by atoms with E-state index in [1.165, 1.54) is 4.57 Å². The van der Waals surface area contributed by atoms with Gasteiger partial charge in [-0.1, -0.05) is 18.2 Å². The molecule has 0 unspecified atom stereocenters. The monoisotopic (exact) mass is 285 g/mol. The van der Waals surface area contributed by atoms with Gasteiger partial charge in [-0.2, -0.15) is 0 Å². The number of aromatic nitrogens is 3. The van der Waals surface area contributed by atoms with Gasteiger partial charge in [-0.15, -0.1) is 0 Å². The molecule has 3 rings (SSSR count). The zero-order chi connectivity index (χ0) is 14.1. The van der Waals surface area contributed by atoms with Crippen LogP contribution in [0.15, 0.2) is 47.4 Å². The number of para-hydroxylation sites is 1. The van der Waals surface area contributed by atoms with Gasteiger partial charge in [-0.3, -0.25) is 9.36 Å². The Kier molecular flexibility index (Phi) is 3.08. The average Bonchev–Trinajstić information content (AvgIpc) is 2.46. The van der Waals surface area contributed by atoms with E-state index in [2.05, 4.69) is 9.97 Å². The molecule has 0 aliphatic carbocycles. The lowest BCUT2D eigenvalue weighted by atomic mass is 10.3. The summed E-state index contributed by atoms with van der Waals surface area (Å²) in [5.74, 6) is 0.860. The normalized spacial score (nSPS) is 10.7. The third-order valence-corrected chi connectivity index (χ3v) is 3.14. The van der Waals surface area contributed by atoms with Crippen molar-refractivity contribution in [3.05, 3.63) is 57.7 Å². The number of benzene rings is 1. The van der Waals surface area contributed by atoms with Crippen LogP contribution in [-0.2, 0) is 7.05 Å². The molecule has 0 aliphatic heterocycles. The summed E-state index contributed by atoms with van der Waals surface area (Å²) >= 11 is 4.97. The predicted octanol–water partition coefficient (Wildman–Crippen LogP) is 2.78. The standard InChI is InChI=1S/C14H11N3O2S/c1-17-12-9(8-15-14(20)16-12)7-11(13(17)18)19-10-5-3-2-4-6-10/h2-8H,1H3,(H,15,16,20). The molecule has 100 valence electrons. The molecule has 20 heavy (non-hydrogen) atoms. The van der Waals surface area contributed by atoms with Gasteiger partial charge in [0.15, 0.2) is 10.5 Å². The van der Waals surface area contributed by atoms with Crippen molar-refractivity contribution in [3.8, 4) is 11.5 Å². The number of aromatic amines is 1. The molecule has 0 atom stereocenters. The molecule has 6 heteroatoms. The second-order valence-corrected chi connectivity index (χ2v) is 4.67. The number of aryl methyl sites for hydroxylation is 1. The van der Waals surface area contributed by atoms with E-state index < -0.39 is 0 Å². The minimum Gasteiger partial charge on any atom is -0.452 e. The van der Waals surface area contributed by atoms with Crippen LogP contribution >= 0.6 is 12.2 Å². The van der Waals surface area contributed by atoms with Crippen LogP contribution in [0.1, 0.15) is 0 Å². The third kappa shape index (κ3) is 2.21. The minimum absolute atomic E-state index is 0.238. The zero-order valence-corrected chi connectivity index (χ0v) is 11.5. The Morgan fingerprint density at radius 1 is 1.30 bits per heavy atom. The van der Waals surface area contributed by atoms with Gasteiger partial charge >= 0.3 is 0 Å². The lowest BCUT2D eigenvalue weighted by Crippen LogP contribution is -2.19. The highest BCUT2D eigenvalue weighted by molar-refractivity contribution is 7.71. The van der Waals surface area contributed by atoms with Crippen molar-refractivity contribution >= 4 is 23.3 Å². The van der Waals surface area contributed by atoms with E-state index in [1.807, 2.05) is 18.2 Å². The van der Waals surface area contributed by atoms with Crippen molar-refractivity contribution in [3.63, 3.8) is 0 Å². The van der Waals surface area contributed by atoms with Crippen molar-refractivity contribution in [2.75, 3.05) is 0 Å². The van der Waals surface area contributed by atoms with Crippen LogP contribution in [0, 0.1) is 4.77 Å². The molecule has 0 saturated heterocycles. The molecule has 0 aliphatic rings. The van der Waals surface area contributed by atoms with Crippen LogP contribution in [0.25, 0.3) is 11.0 Å². The fourth-order valence-electron chi connectivity index (χ4n) is 1.94. The first-order valence-corrected chi connectivity index (χ1v) is 6.38. The van der Waals surface area contributed by atoms with Gasteiger partial charge in [-0.05, 0) is 30.4 Å². The van der Waals surface area contributed by atoms with Crippen LogP contribution in [0.5, 0.6) is 11.5 Å². The molecule has 0 saturated carbocycles. The summed E-state index contributed by atoms with van der Waals surface area (Å²) in [7, 11) is 1.66. The number of hydrogen-bond acceptors (Lipinski definition) is 4. The Hall–Kier alpha value is -2.47. The van der Waals surface area contributed by atoms with Crippen LogP contribution in [0.4, 0.5) is 0 Å². The Morgan fingerprint density at radius 2 is 2.05 bits per heavy atom. The lowest BCUT2D eigenvalue weighted by Gasteiger charge is -2.09. The van der Waals surface area contributed by atoms with Gasteiger partial charge in [0, 0.05) is 18.6 Å². The molecule has 0 spiro atoms. The molecule has 2 heterocycles. The number of hydrogen-bond donors (Lipinski definition) is 1. The number of pyridine rings is 1. The molecule has 0 bridgehead atoms. The summed E-state index contributed by atoms with van der Waals surface area (Å²) in [4.78, 5) is 19.2. The van der Waals surface area contributed by atoms with Crippen molar-refractivity contribution in [2.45, 2.75) is 0 Å². The summed E-state index contributed by atoms with van der Waals surface area (Å²) < 4.78 is 7.43. The van der Waals surface area contributed by atoms with Gasteiger partial charge < -0.3 is 9.72 Å². The second-order valence-electron chi connectivity index (χ2n) is 4.28. The maximum Gasteiger partial charge on any atom is 0.294 e. The molecule has 5 nitrogen and oxygen atoms in total. The summed E-state index contributed by atoms with van der Waals surface area (Å²) in [6, 6.07) is 10.8. The topological polar surface area (TPSA) is 59.9 Å². The van der Waals surface area contributed by atoms with Crippen molar-refractivity contribution < 1.29 is 4.74 Å². The first-order valence-electron chi connectivity index (χ1n) is 5.97. The van der Waals surface area contributed by atoms with Gasteiger partial charge in [0.25, 0.3) is 5.56 Å². The Balaban J connectivity index is 2.18. The number of ether oxygens (including phenoxy) is 1. The maximum absolute atomic E-state index is 12.3. The fourth-order valence-corrected chi connectivity index (χ4v) is 2.09. The largest absolute Gasteiger partial charge is 0.452 e. The van der Waals surface area contributed by atoms with E-state index in [9.17, 15) is 4.79 Å². The number of fused-ring (bicyclic) bond motifs is 1. The first-order chi connectivity index (χ1) is 9.65. The quantitative estimate of drug-likeness (QED) is 0.735. The molecule has 0 radical (unpaired) electrons. The van der Waals surface area contributed by atoms with E-state index >= 15 is 0 Å². The average molecular weight is 285 g/mol. The Morgan fingerprint density at radius 3 is 2.80 bits per heavy atom. The highest BCUT2D eigenvalue weighted by Gasteiger charge is 2.09. The lowest BCUT2D eigenvalue weighted by molar-refractivity contribution is 0.471. The third-order valence-electron chi connectivity index (χ3n) is 2.93. The number of rotatable bonds is 2. The summed E-state index contributed by atoms with van der Waals surface area (Å²) in [6.45, 7) is 0. The number of nitrogens with one attached hydrogen (secondary N) is 1. The molecular formula is C14H11N3O2S. The van der Waals surface area contributed by atoms with Crippen molar-refractivity contribution in [1.29, 1.82) is 0 Å². The maximum atomic E-state index is 12.3. The van der Waals surface area contributed by atoms with Gasteiger partial charge in [0.05, 0.1) is 0 Å². The van der Waals surface area contributed by atoms with Crippen LogP contribution in [-0.4, -0.2) is 14.5 Å². The second kappa shape index (κ2) is 4.90. The number of H-pyrrole nitrogens is 1. The van der Waals surface area contributed by atoms with E-state index in [4.69, 9.17) is 17.0 Å². The highest BCUT2D eigenvalue weighted by atomic mass is 32.1. The van der Waals surface area contributed by atoms with Crippen LogP contribution < -0.4 is 10.3 Å². The van der Waals surface area contributed by atoms with Crippen molar-refractivity contribution in [2.24, 2.45) is 7.05 Å². The smallest absolute Gasteiger partial charge is 0.294 e. The molecule has 1 N–H and O–H groups in total. The van der Waals surface area contributed by atoms with E-state index in [0.717, 1.165) is 5.39 Å². The molecule has 3 aromatic rings. The molecule has 0 fully saturated rings. The molecule has 0 amide bonds. The number of nitrogens with zero attached hydrogens (tertiary/aromatic N) is 2. The molecule has 2 aromatic heterocycles. The van der Waals surface area contributed by atoms with Crippen LogP contribution in [0.2, 0.25) is 0 Å². The van der Waals surface area contributed by atoms with Gasteiger partial charge in [0.2, 0.25) is 0 Å². The first kappa shape index (κ1) is 12.6. The van der Waals surface area contributed by atoms with Gasteiger partial charge in [-0.25, -0.2) is 4.98 Å². The summed E-state index contributed by atoms with van der Waals surface area (Å²) in [5.41, 5.74) is 0.383. The fraction of sp³-hybridized carbons (Fsp3) is 0.0714. The Bertz CT molecular complexity index is 884. The summed E-state index contributed by atoms with van der Waals surface area (Å²) in [6.07, 6.45) is 1.62. The SMILES string of the molecule is Cn1c(=O)c(Oc2ccccc2)cc2cnc(=S)[nH]c21. The minimum atomic E-state index is -0.238. The Labute approximate surface area is 119 Å². The summed E-state index contributed by atoms with van der Waals surface area (Å²) in [5, 5.41) is 0.756. The van der Waals surface area contributed by atoms with E-state index in [1.54, 1.807) is 31.4 Å². The van der Waals surface area contributed by atoms with E-state index in [0.29, 0.717) is 16.2 Å². The predicted molar refractivity (Wildman–Crippen MR) is 78.7 cm³/mol. The molecular weight excluding hydrogens is 274 g/mol.